The highest BCUT2D eigenvalue weighted by molar-refractivity contribution is 6.26. The van der Waals surface area contributed by atoms with Crippen LogP contribution in [0, 0.1) is 0 Å². The Balaban J connectivity index is 1.11. The lowest BCUT2D eigenvalue weighted by Gasteiger charge is -2.33. The van der Waals surface area contributed by atoms with E-state index in [1.807, 2.05) is 6.07 Å². The summed E-state index contributed by atoms with van der Waals surface area (Å²) in [4.78, 5) is 0. The van der Waals surface area contributed by atoms with Gasteiger partial charge in [-0.1, -0.05) is 127 Å². The molecule has 2 unspecified atom stereocenters. The Morgan fingerprint density at radius 3 is 1.95 bits per heavy atom. The van der Waals surface area contributed by atoms with E-state index in [0.29, 0.717) is 0 Å². The van der Waals surface area contributed by atoms with Crippen LogP contribution in [0.15, 0.2) is 199 Å². The van der Waals surface area contributed by atoms with Crippen LogP contribution in [0.25, 0.3) is 82.6 Å². The third kappa shape index (κ3) is 4.99. The molecule has 4 heterocycles. The first-order chi connectivity index (χ1) is 28.3. The zero-order valence-electron chi connectivity index (χ0n) is 30.9. The first-order valence-corrected chi connectivity index (χ1v) is 19.6. The summed E-state index contributed by atoms with van der Waals surface area (Å²) in [5, 5.41) is 14.8. The summed E-state index contributed by atoms with van der Waals surface area (Å²) in [7, 11) is 0. The maximum absolute atomic E-state index is 6.78. The van der Waals surface area contributed by atoms with Crippen molar-refractivity contribution in [2.45, 2.75) is 12.2 Å². The van der Waals surface area contributed by atoms with Crippen LogP contribution in [-0.2, 0) is 0 Å². The molecule has 11 aromatic rings. The number of hydrogen-bond donors (Lipinski definition) is 2. The Bertz CT molecular complexity index is 3360. The van der Waals surface area contributed by atoms with Crippen LogP contribution in [0.3, 0.4) is 0 Å². The predicted octanol–water partition coefficient (Wildman–Crippen LogP) is 12.8. The Labute approximate surface area is 328 Å². The van der Waals surface area contributed by atoms with Crippen molar-refractivity contribution in [1.29, 1.82) is 0 Å². The third-order valence-electron chi connectivity index (χ3n) is 11.8. The predicted molar refractivity (Wildman–Crippen MR) is 235 cm³/mol. The lowest BCUT2D eigenvalue weighted by Crippen LogP contribution is -2.39. The van der Waals surface area contributed by atoms with E-state index in [1.165, 1.54) is 21.9 Å². The molecule has 0 spiro atoms. The van der Waals surface area contributed by atoms with Crippen LogP contribution in [0.1, 0.15) is 28.9 Å². The lowest BCUT2D eigenvalue weighted by atomic mass is 9.98. The van der Waals surface area contributed by atoms with Gasteiger partial charge in [0.1, 0.15) is 17.3 Å². The molecule has 2 atom stereocenters. The second kappa shape index (κ2) is 12.6. The maximum atomic E-state index is 6.78. The van der Waals surface area contributed by atoms with Gasteiger partial charge >= 0.3 is 0 Å². The van der Waals surface area contributed by atoms with Crippen molar-refractivity contribution in [3.63, 3.8) is 0 Å². The molecule has 3 aromatic heterocycles. The summed E-state index contributed by atoms with van der Waals surface area (Å²) in [6.07, 6.45) is 2.16. The van der Waals surface area contributed by atoms with Crippen LogP contribution in [0.4, 0.5) is 0 Å². The van der Waals surface area contributed by atoms with Gasteiger partial charge in [-0.3, -0.25) is 5.32 Å². The first kappa shape index (κ1) is 32.0. The van der Waals surface area contributed by atoms with Gasteiger partial charge in [-0.15, -0.1) is 0 Å². The fourth-order valence-corrected chi connectivity index (χ4v) is 9.19. The normalized spacial score (nSPS) is 15.9. The summed E-state index contributed by atoms with van der Waals surface area (Å²) in [5.74, 6) is 0. The SMILES string of the molecule is C1=C(c2ccccc2)NC(c2cccc(-n3c4cc5c(cc4c4c6oc7ccccc7c6ccc43)c3ccccc3n5-c3ccccc3)c2)NC1c1ccccc1. The van der Waals surface area contributed by atoms with Gasteiger partial charge in [0.15, 0.2) is 0 Å². The number of hydrogen-bond acceptors (Lipinski definition) is 3. The molecular formula is C52H36N4O. The van der Waals surface area contributed by atoms with E-state index >= 15 is 0 Å². The summed E-state index contributed by atoms with van der Waals surface area (Å²) in [6, 6.07) is 67.4. The van der Waals surface area contributed by atoms with Crippen LogP contribution in [0.5, 0.6) is 0 Å². The van der Waals surface area contributed by atoms with Gasteiger partial charge in [-0.25, -0.2) is 0 Å². The number of benzene rings is 8. The Morgan fingerprint density at radius 1 is 0.439 bits per heavy atom. The van der Waals surface area contributed by atoms with Crippen molar-refractivity contribution in [3.05, 3.63) is 211 Å². The molecule has 270 valence electrons. The first-order valence-electron chi connectivity index (χ1n) is 19.6. The Morgan fingerprint density at radius 2 is 1.11 bits per heavy atom. The number of para-hydroxylation sites is 3. The summed E-state index contributed by atoms with van der Waals surface area (Å²) in [5.41, 5.74) is 13.3. The van der Waals surface area contributed by atoms with E-state index in [-0.39, 0.29) is 12.2 Å². The molecule has 0 bridgehead atoms. The molecule has 0 radical (unpaired) electrons. The summed E-state index contributed by atoms with van der Waals surface area (Å²) in [6.45, 7) is 0. The fourth-order valence-electron chi connectivity index (χ4n) is 9.19. The molecule has 1 aliphatic rings. The van der Waals surface area contributed by atoms with E-state index in [4.69, 9.17) is 4.42 Å². The zero-order valence-corrected chi connectivity index (χ0v) is 30.9. The number of rotatable bonds is 5. The van der Waals surface area contributed by atoms with Crippen LogP contribution in [0.2, 0.25) is 0 Å². The van der Waals surface area contributed by atoms with Crippen LogP contribution >= 0.6 is 0 Å². The number of fused-ring (bicyclic) bond motifs is 10. The van der Waals surface area contributed by atoms with E-state index in [9.17, 15) is 0 Å². The number of nitrogens with one attached hydrogen (secondary N) is 2. The smallest absolute Gasteiger partial charge is 0.145 e. The number of nitrogens with zero attached hydrogens (tertiary/aromatic N) is 2. The molecule has 1 aliphatic heterocycles. The van der Waals surface area contributed by atoms with Crippen molar-refractivity contribution >= 4 is 71.2 Å². The van der Waals surface area contributed by atoms with Gasteiger partial charge in [-0.05, 0) is 83.4 Å². The second-order valence-corrected chi connectivity index (χ2v) is 15.0. The molecule has 8 aromatic carbocycles. The molecule has 57 heavy (non-hydrogen) atoms. The molecule has 5 nitrogen and oxygen atoms in total. The van der Waals surface area contributed by atoms with Crippen molar-refractivity contribution in [2.24, 2.45) is 0 Å². The van der Waals surface area contributed by atoms with Gasteiger partial charge < -0.3 is 18.9 Å². The van der Waals surface area contributed by atoms with E-state index < -0.39 is 0 Å². The van der Waals surface area contributed by atoms with E-state index in [0.717, 1.165) is 77.5 Å². The average Bonchev–Trinajstić information content (AvgIpc) is 3.93. The van der Waals surface area contributed by atoms with Crippen molar-refractivity contribution < 1.29 is 4.42 Å². The minimum absolute atomic E-state index is 0.0270. The largest absolute Gasteiger partial charge is 0.455 e. The number of furan rings is 1. The molecule has 12 rings (SSSR count). The quantitative estimate of drug-likeness (QED) is 0.185. The van der Waals surface area contributed by atoms with Crippen LogP contribution < -0.4 is 10.6 Å². The van der Waals surface area contributed by atoms with Gasteiger partial charge in [-0.2, -0.15) is 0 Å². The fraction of sp³-hybridized carbons (Fsp3) is 0.0385. The summed E-state index contributed by atoms with van der Waals surface area (Å²) < 4.78 is 11.6. The minimum atomic E-state index is -0.141. The van der Waals surface area contributed by atoms with Crippen molar-refractivity contribution in [1.82, 2.24) is 19.8 Å². The molecular weight excluding hydrogens is 697 g/mol. The molecule has 0 saturated carbocycles. The Hall–Kier alpha value is -7.34. The van der Waals surface area contributed by atoms with Gasteiger partial charge in [0.2, 0.25) is 0 Å². The van der Waals surface area contributed by atoms with Gasteiger partial charge in [0, 0.05) is 44.0 Å². The molecule has 0 aliphatic carbocycles. The minimum Gasteiger partial charge on any atom is -0.455 e. The van der Waals surface area contributed by atoms with Gasteiger partial charge in [0.05, 0.1) is 33.5 Å². The second-order valence-electron chi connectivity index (χ2n) is 15.0. The zero-order chi connectivity index (χ0) is 37.5. The maximum Gasteiger partial charge on any atom is 0.145 e. The van der Waals surface area contributed by atoms with Crippen LogP contribution in [-0.4, -0.2) is 9.13 Å². The molecule has 0 saturated heterocycles. The number of aromatic nitrogens is 2. The highest BCUT2D eigenvalue weighted by atomic mass is 16.3. The molecule has 0 amide bonds. The molecule has 2 N–H and O–H groups in total. The molecule has 0 fully saturated rings. The van der Waals surface area contributed by atoms with Gasteiger partial charge in [0.25, 0.3) is 0 Å². The van der Waals surface area contributed by atoms with Crippen molar-refractivity contribution in [2.75, 3.05) is 0 Å². The third-order valence-corrected chi connectivity index (χ3v) is 11.8. The highest BCUT2D eigenvalue weighted by Crippen LogP contribution is 2.44. The molecule has 5 heteroatoms. The Kier molecular flexibility index (Phi) is 7.06. The lowest BCUT2D eigenvalue weighted by molar-refractivity contribution is 0.442. The average molecular weight is 733 g/mol. The standard InChI is InChI=1S/C52H36N4O/c1-4-15-33(16-5-1)43-31-44(34-17-6-2-7-18-34)54-52(53-43)35-19-14-22-37(29-35)56-46-28-27-40-39-24-11-13-26-49(39)57-51(40)50(46)42-30-41-38-23-10-12-25-45(38)55(47(41)32-48(42)56)36-20-8-3-9-21-36/h1-32,43,52-54H. The summed E-state index contributed by atoms with van der Waals surface area (Å²) >= 11 is 0. The van der Waals surface area contributed by atoms with E-state index in [2.05, 4.69) is 208 Å². The van der Waals surface area contributed by atoms with Crippen molar-refractivity contribution in [3.8, 4) is 11.4 Å². The highest BCUT2D eigenvalue weighted by Gasteiger charge is 2.26. The monoisotopic (exact) mass is 732 g/mol. The topological polar surface area (TPSA) is 47.1 Å². The van der Waals surface area contributed by atoms with E-state index in [1.54, 1.807) is 0 Å².